The van der Waals surface area contributed by atoms with Gasteiger partial charge in [0.25, 0.3) is 0 Å². The number of hydrogen-bond donors (Lipinski definition) is 11. The van der Waals surface area contributed by atoms with Gasteiger partial charge in [0, 0.05) is 13.1 Å². The molecule has 268 valence electrons. The van der Waals surface area contributed by atoms with E-state index >= 15 is 0 Å². The van der Waals surface area contributed by atoms with Crippen LogP contribution >= 0.6 is 0 Å². The van der Waals surface area contributed by atoms with Gasteiger partial charge in [-0.15, -0.1) is 0 Å². The van der Waals surface area contributed by atoms with E-state index < -0.39 is 72.8 Å². The number of aliphatic carboxylic acids is 1. The number of carboxylic acid groups (broad SMARTS) is 1. The highest BCUT2D eigenvalue weighted by Gasteiger charge is 2.31. The minimum atomic E-state index is -1.26. The number of guanidine groups is 2. The van der Waals surface area contributed by atoms with Gasteiger partial charge < -0.3 is 60.4 Å². The van der Waals surface area contributed by atoms with Crippen molar-refractivity contribution in [3.63, 3.8) is 0 Å². The minimum absolute atomic E-state index is 0.0602. The lowest BCUT2D eigenvalue weighted by Gasteiger charge is -2.27. The third kappa shape index (κ3) is 20.9. The highest BCUT2D eigenvalue weighted by atomic mass is 16.4. The zero-order valence-corrected chi connectivity index (χ0v) is 27.7. The summed E-state index contributed by atoms with van der Waals surface area (Å²) in [6.45, 7) is 6.65. The number of aliphatic imine (C=N–C) groups is 2. The smallest absolute Gasteiger partial charge is 0.322 e. The van der Waals surface area contributed by atoms with Crippen LogP contribution in [0.3, 0.4) is 0 Å². The molecule has 0 saturated carbocycles. The standard InChI is InChI=1S/C28H54N12O7/c1-15(2)11-17(29)23(44)38-19(8-6-10-35-28(32)33)25(46)40-20(12-16(3)4)26(47)39-18(7-5-9-34-27(30)31)24(45)37-13-21(41)36-14-22(42)43/h15-20H,5-14,29H2,1-4H3,(H,36,41)(H,37,45)(H,38,44)(H,39,47)(H,40,46)(H,42,43)(H4,30,31,34)(H4,32,33,35)/t17-,18-,19-,20-/m0/s1. The molecule has 5 amide bonds. The SMILES string of the molecule is CC(C)C[C@H](NC(=O)[C@H](CCCN=C(N)N)NC(=O)[C@@H](N)CC(C)C)C(=O)N[C@@H](CCCN=C(N)N)C(=O)NCC(=O)NCC(=O)O. The van der Waals surface area contributed by atoms with Gasteiger partial charge >= 0.3 is 5.97 Å². The summed E-state index contributed by atoms with van der Waals surface area (Å²) in [5, 5.41) is 21.2. The van der Waals surface area contributed by atoms with Gasteiger partial charge in [-0.1, -0.05) is 27.7 Å². The highest BCUT2D eigenvalue weighted by molar-refractivity contribution is 5.95. The molecule has 0 aliphatic heterocycles. The molecular formula is C28H54N12O7. The van der Waals surface area contributed by atoms with E-state index in [9.17, 15) is 28.8 Å². The first kappa shape index (κ1) is 42.3. The largest absolute Gasteiger partial charge is 0.480 e. The Kier molecular flexibility index (Phi) is 20.5. The summed E-state index contributed by atoms with van der Waals surface area (Å²) in [6, 6.07) is -4.21. The van der Waals surface area contributed by atoms with Gasteiger partial charge in [0.1, 0.15) is 24.7 Å². The van der Waals surface area contributed by atoms with E-state index in [2.05, 4.69) is 36.6 Å². The van der Waals surface area contributed by atoms with Crippen molar-refractivity contribution in [2.45, 2.75) is 90.4 Å². The number of carboxylic acids is 1. The quantitative estimate of drug-likeness (QED) is 0.0284. The van der Waals surface area contributed by atoms with Crippen molar-refractivity contribution >= 4 is 47.4 Å². The van der Waals surface area contributed by atoms with Gasteiger partial charge in [0.2, 0.25) is 29.5 Å². The molecule has 47 heavy (non-hydrogen) atoms. The van der Waals surface area contributed by atoms with E-state index in [4.69, 9.17) is 33.8 Å². The zero-order valence-electron chi connectivity index (χ0n) is 27.7. The molecule has 4 atom stereocenters. The van der Waals surface area contributed by atoms with E-state index in [1.807, 2.05) is 27.7 Å². The fourth-order valence-corrected chi connectivity index (χ4v) is 4.21. The van der Waals surface area contributed by atoms with Crippen molar-refractivity contribution in [1.29, 1.82) is 0 Å². The van der Waals surface area contributed by atoms with Gasteiger partial charge in [-0.05, 0) is 50.4 Å². The summed E-state index contributed by atoms with van der Waals surface area (Å²) >= 11 is 0. The fourth-order valence-electron chi connectivity index (χ4n) is 4.21. The normalized spacial score (nSPS) is 13.3. The summed E-state index contributed by atoms with van der Waals surface area (Å²) < 4.78 is 0. The van der Waals surface area contributed by atoms with E-state index in [0.717, 1.165) is 0 Å². The molecule has 0 saturated heterocycles. The minimum Gasteiger partial charge on any atom is -0.480 e. The number of rotatable bonds is 23. The first-order chi connectivity index (χ1) is 21.9. The van der Waals surface area contributed by atoms with Gasteiger partial charge in [-0.2, -0.15) is 0 Å². The lowest BCUT2D eigenvalue weighted by atomic mass is 10.0. The maximum absolute atomic E-state index is 13.5. The Morgan fingerprint density at radius 3 is 1.53 bits per heavy atom. The zero-order chi connectivity index (χ0) is 36.1. The molecule has 0 aliphatic carbocycles. The van der Waals surface area contributed by atoms with Crippen LogP contribution in [-0.2, 0) is 28.8 Å². The molecule has 0 radical (unpaired) electrons. The number of nitrogens with two attached hydrogens (primary N) is 5. The number of nitrogens with zero attached hydrogens (tertiary/aromatic N) is 2. The number of carbonyl (C=O) groups excluding carboxylic acids is 5. The molecule has 0 unspecified atom stereocenters. The Labute approximate surface area is 275 Å². The highest BCUT2D eigenvalue weighted by Crippen LogP contribution is 2.10. The Morgan fingerprint density at radius 2 is 1.06 bits per heavy atom. The molecular weight excluding hydrogens is 616 g/mol. The second-order valence-electron chi connectivity index (χ2n) is 11.8. The number of nitrogens with one attached hydrogen (secondary N) is 5. The topological polar surface area (TPSA) is 338 Å². The summed E-state index contributed by atoms with van der Waals surface area (Å²) in [4.78, 5) is 83.2. The second-order valence-corrected chi connectivity index (χ2v) is 11.8. The number of carbonyl (C=O) groups is 6. The predicted octanol–water partition coefficient (Wildman–Crippen LogP) is -3.72. The Morgan fingerprint density at radius 1 is 0.617 bits per heavy atom. The molecule has 0 bridgehead atoms. The molecule has 0 spiro atoms. The molecule has 0 aliphatic rings. The molecule has 0 aromatic heterocycles. The van der Waals surface area contributed by atoms with Crippen LogP contribution < -0.4 is 55.3 Å². The first-order valence-electron chi connectivity index (χ1n) is 15.5. The van der Waals surface area contributed by atoms with Crippen LogP contribution in [0.5, 0.6) is 0 Å². The summed E-state index contributed by atoms with van der Waals surface area (Å²) in [6.07, 6.45) is 1.36. The molecule has 19 heteroatoms. The van der Waals surface area contributed by atoms with Crippen LogP contribution in [0.1, 0.15) is 66.2 Å². The van der Waals surface area contributed by atoms with Crippen molar-refractivity contribution in [3.8, 4) is 0 Å². The maximum atomic E-state index is 13.5. The average molecular weight is 671 g/mol. The Hall–Kier alpha value is -4.68. The molecule has 16 N–H and O–H groups in total. The maximum Gasteiger partial charge on any atom is 0.322 e. The third-order valence-electron chi connectivity index (χ3n) is 6.42. The lowest BCUT2D eigenvalue weighted by Crippen LogP contribution is -2.58. The van der Waals surface area contributed by atoms with Crippen LogP contribution in [0.2, 0.25) is 0 Å². The van der Waals surface area contributed by atoms with Gasteiger partial charge in [-0.25, -0.2) is 0 Å². The first-order valence-corrected chi connectivity index (χ1v) is 15.5. The molecule has 19 nitrogen and oxygen atoms in total. The molecule has 0 heterocycles. The summed E-state index contributed by atoms with van der Waals surface area (Å²) in [7, 11) is 0. The van der Waals surface area contributed by atoms with Crippen LogP contribution in [-0.4, -0.2) is 103 Å². The van der Waals surface area contributed by atoms with Gasteiger partial charge in [0.05, 0.1) is 12.6 Å². The molecule has 0 aromatic carbocycles. The molecule has 0 aromatic rings. The van der Waals surface area contributed by atoms with Crippen molar-refractivity contribution in [3.05, 3.63) is 0 Å². The molecule has 0 rings (SSSR count). The molecule has 0 fully saturated rings. The van der Waals surface area contributed by atoms with Crippen LogP contribution in [0.25, 0.3) is 0 Å². The van der Waals surface area contributed by atoms with Crippen molar-refractivity contribution in [1.82, 2.24) is 26.6 Å². The summed E-state index contributed by atoms with van der Waals surface area (Å²) in [5.41, 5.74) is 27.5. The van der Waals surface area contributed by atoms with Crippen LogP contribution in [0, 0.1) is 11.8 Å². The number of amides is 5. The van der Waals surface area contributed by atoms with E-state index in [0.29, 0.717) is 12.8 Å². The van der Waals surface area contributed by atoms with Crippen molar-refractivity contribution in [2.24, 2.45) is 50.5 Å². The van der Waals surface area contributed by atoms with Crippen molar-refractivity contribution in [2.75, 3.05) is 26.2 Å². The second kappa shape index (κ2) is 22.8. The van der Waals surface area contributed by atoms with Crippen LogP contribution in [0.4, 0.5) is 0 Å². The van der Waals surface area contributed by atoms with Gasteiger partial charge in [-0.3, -0.25) is 38.8 Å². The Balaban J connectivity index is 5.91. The van der Waals surface area contributed by atoms with E-state index in [-0.39, 0.29) is 62.5 Å². The van der Waals surface area contributed by atoms with E-state index in [1.165, 1.54) is 0 Å². The lowest BCUT2D eigenvalue weighted by molar-refractivity contribution is -0.138. The van der Waals surface area contributed by atoms with Gasteiger partial charge in [0.15, 0.2) is 11.9 Å². The fraction of sp³-hybridized carbons (Fsp3) is 0.714. The third-order valence-corrected chi connectivity index (χ3v) is 6.42. The van der Waals surface area contributed by atoms with Crippen LogP contribution in [0.15, 0.2) is 9.98 Å². The van der Waals surface area contributed by atoms with E-state index in [1.54, 1.807) is 0 Å². The number of hydrogen-bond acceptors (Lipinski definition) is 9. The summed E-state index contributed by atoms with van der Waals surface area (Å²) in [5.74, 6) is -4.84. The average Bonchev–Trinajstić information content (AvgIpc) is 2.96. The monoisotopic (exact) mass is 670 g/mol. The van der Waals surface area contributed by atoms with Crippen molar-refractivity contribution < 1.29 is 33.9 Å². The predicted molar refractivity (Wildman–Crippen MR) is 176 cm³/mol. The Bertz CT molecular complexity index is 1110.